The summed E-state index contributed by atoms with van der Waals surface area (Å²) in [5.41, 5.74) is 5.45. The largest absolute Gasteiger partial charge is 0.480 e. The third-order valence-corrected chi connectivity index (χ3v) is 3.31. The molecule has 0 aromatic rings. The fraction of sp³-hybridized carbons (Fsp3) is 0.818. The second-order valence-electron chi connectivity index (χ2n) is 4.34. The van der Waals surface area contributed by atoms with Crippen molar-refractivity contribution in [2.75, 3.05) is 39.8 Å². The van der Waals surface area contributed by atoms with Gasteiger partial charge in [0.05, 0.1) is 0 Å². The summed E-state index contributed by atoms with van der Waals surface area (Å²) in [6.45, 7) is 3.94. The molecule has 2 atom stereocenters. The number of carboxylic acid groups (broad SMARTS) is 1. The van der Waals surface area contributed by atoms with E-state index < -0.39 is 18.1 Å². The maximum Gasteiger partial charge on any atom is 0.320 e. The minimum absolute atomic E-state index is 0.123. The normalized spacial score (nSPS) is 20.5. The van der Waals surface area contributed by atoms with Crippen LogP contribution >= 0.6 is 0 Å². The van der Waals surface area contributed by atoms with E-state index in [0.717, 1.165) is 0 Å². The van der Waals surface area contributed by atoms with E-state index in [4.69, 9.17) is 15.6 Å². The van der Waals surface area contributed by atoms with Crippen LogP contribution in [-0.2, 0) is 14.3 Å². The van der Waals surface area contributed by atoms with Crippen LogP contribution in [0, 0.1) is 0 Å². The number of methoxy groups -OCH3 is 1. The maximum absolute atomic E-state index is 12.0. The van der Waals surface area contributed by atoms with Crippen molar-refractivity contribution in [3.8, 4) is 0 Å². The molecule has 1 saturated heterocycles. The Hall–Kier alpha value is -1.18. The van der Waals surface area contributed by atoms with Crippen LogP contribution in [0.4, 0.5) is 0 Å². The number of piperazine rings is 1. The van der Waals surface area contributed by atoms with Crippen molar-refractivity contribution in [1.29, 1.82) is 0 Å². The highest BCUT2D eigenvalue weighted by molar-refractivity contribution is 5.81. The molecule has 1 rings (SSSR count). The predicted molar refractivity (Wildman–Crippen MR) is 65.1 cm³/mol. The predicted octanol–water partition coefficient (Wildman–Crippen LogP) is -1.42. The average Bonchev–Trinajstić information content (AvgIpc) is 2.39. The van der Waals surface area contributed by atoms with Crippen LogP contribution in [0.1, 0.15) is 6.92 Å². The van der Waals surface area contributed by atoms with Crippen LogP contribution in [0.25, 0.3) is 0 Å². The number of amides is 1. The van der Waals surface area contributed by atoms with E-state index in [0.29, 0.717) is 26.2 Å². The molecular weight excluding hydrogens is 238 g/mol. The van der Waals surface area contributed by atoms with Gasteiger partial charge in [-0.3, -0.25) is 14.5 Å². The summed E-state index contributed by atoms with van der Waals surface area (Å²) in [7, 11) is 1.46. The summed E-state index contributed by atoms with van der Waals surface area (Å²) in [4.78, 5) is 26.3. The van der Waals surface area contributed by atoms with Gasteiger partial charge in [-0.1, -0.05) is 0 Å². The monoisotopic (exact) mass is 259 g/mol. The third kappa shape index (κ3) is 3.41. The first-order chi connectivity index (χ1) is 8.51. The van der Waals surface area contributed by atoms with Gasteiger partial charge in [0, 0.05) is 39.8 Å². The molecule has 0 aromatic carbocycles. The van der Waals surface area contributed by atoms with Crippen molar-refractivity contribution < 1.29 is 19.4 Å². The fourth-order valence-corrected chi connectivity index (χ4v) is 1.99. The SMILES string of the molecule is COC(CN)C(=O)N1CCN(C(C)C(=O)O)CC1. The van der Waals surface area contributed by atoms with Gasteiger partial charge in [0.2, 0.25) is 0 Å². The second-order valence-corrected chi connectivity index (χ2v) is 4.34. The van der Waals surface area contributed by atoms with E-state index in [1.165, 1.54) is 7.11 Å². The lowest BCUT2D eigenvalue weighted by Gasteiger charge is -2.37. The van der Waals surface area contributed by atoms with E-state index in [-0.39, 0.29) is 12.5 Å². The number of aliphatic carboxylic acids is 1. The van der Waals surface area contributed by atoms with Gasteiger partial charge >= 0.3 is 5.97 Å². The molecule has 0 radical (unpaired) electrons. The molecule has 2 unspecified atom stereocenters. The standard InChI is InChI=1S/C11H21N3O4/c1-8(11(16)17)13-3-5-14(6-4-13)10(15)9(7-12)18-2/h8-9H,3-7,12H2,1-2H3,(H,16,17). The summed E-state index contributed by atoms with van der Waals surface area (Å²) in [5.74, 6) is -0.964. The van der Waals surface area contributed by atoms with Gasteiger partial charge in [-0.05, 0) is 6.92 Å². The van der Waals surface area contributed by atoms with Crippen molar-refractivity contribution in [2.45, 2.75) is 19.1 Å². The molecule has 3 N–H and O–H groups in total. The molecule has 0 saturated carbocycles. The van der Waals surface area contributed by atoms with Crippen molar-refractivity contribution in [2.24, 2.45) is 5.73 Å². The number of carbonyl (C=O) groups excluding carboxylic acids is 1. The number of nitrogens with zero attached hydrogens (tertiary/aromatic N) is 2. The Balaban J connectivity index is 2.48. The lowest BCUT2D eigenvalue weighted by Crippen LogP contribution is -2.55. The van der Waals surface area contributed by atoms with Crippen LogP contribution in [0.3, 0.4) is 0 Å². The summed E-state index contributed by atoms with van der Waals surface area (Å²) >= 11 is 0. The second kappa shape index (κ2) is 6.67. The number of rotatable bonds is 5. The van der Waals surface area contributed by atoms with Gasteiger partial charge in [0.15, 0.2) is 0 Å². The fourth-order valence-electron chi connectivity index (χ4n) is 1.99. The van der Waals surface area contributed by atoms with Crippen LogP contribution in [0.5, 0.6) is 0 Å². The van der Waals surface area contributed by atoms with Gasteiger partial charge < -0.3 is 20.5 Å². The van der Waals surface area contributed by atoms with E-state index >= 15 is 0 Å². The molecule has 0 bridgehead atoms. The Labute approximate surface area is 106 Å². The van der Waals surface area contributed by atoms with Gasteiger partial charge in [0.25, 0.3) is 5.91 Å². The van der Waals surface area contributed by atoms with Gasteiger partial charge in [0.1, 0.15) is 12.1 Å². The smallest absolute Gasteiger partial charge is 0.320 e. The molecule has 1 heterocycles. The topological polar surface area (TPSA) is 96.1 Å². The van der Waals surface area contributed by atoms with Crippen LogP contribution in [0.2, 0.25) is 0 Å². The lowest BCUT2D eigenvalue weighted by molar-refractivity contribution is -0.146. The molecule has 104 valence electrons. The Morgan fingerprint density at radius 1 is 1.33 bits per heavy atom. The Morgan fingerprint density at radius 2 is 1.89 bits per heavy atom. The summed E-state index contributed by atoms with van der Waals surface area (Å²) in [6, 6.07) is -0.519. The van der Waals surface area contributed by atoms with Crippen molar-refractivity contribution in [3.05, 3.63) is 0 Å². The first-order valence-corrected chi connectivity index (χ1v) is 5.99. The van der Waals surface area contributed by atoms with Crippen molar-refractivity contribution in [3.63, 3.8) is 0 Å². The molecule has 0 spiro atoms. The Kier molecular flexibility index (Phi) is 5.52. The van der Waals surface area contributed by atoms with Crippen LogP contribution in [0.15, 0.2) is 0 Å². The van der Waals surface area contributed by atoms with Gasteiger partial charge in [-0.25, -0.2) is 0 Å². The summed E-state index contributed by atoms with van der Waals surface area (Å²) in [5, 5.41) is 8.91. The molecular formula is C11H21N3O4. The first kappa shape index (κ1) is 14.9. The highest BCUT2D eigenvalue weighted by Crippen LogP contribution is 2.08. The molecule has 18 heavy (non-hydrogen) atoms. The Morgan fingerprint density at radius 3 is 2.28 bits per heavy atom. The number of carboxylic acids is 1. The zero-order valence-corrected chi connectivity index (χ0v) is 10.8. The lowest BCUT2D eigenvalue weighted by atomic mass is 10.2. The molecule has 1 aliphatic rings. The van der Waals surface area contributed by atoms with Crippen molar-refractivity contribution >= 4 is 11.9 Å². The summed E-state index contributed by atoms with van der Waals surface area (Å²) in [6.07, 6.45) is -0.603. The minimum Gasteiger partial charge on any atom is -0.480 e. The summed E-state index contributed by atoms with van der Waals surface area (Å²) < 4.78 is 5.00. The molecule has 1 fully saturated rings. The highest BCUT2D eigenvalue weighted by Gasteiger charge is 2.29. The molecule has 7 heteroatoms. The third-order valence-electron chi connectivity index (χ3n) is 3.31. The molecule has 1 amide bonds. The van der Waals surface area contributed by atoms with E-state index in [1.807, 2.05) is 4.90 Å². The van der Waals surface area contributed by atoms with Gasteiger partial charge in [-0.15, -0.1) is 0 Å². The van der Waals surface area contributed by atoms with E-state index in [9.17, 15) is 9.59 Å². The zero-order valence-electron chi connectivity index (χ0n) is 10.8. The highest BCUT2D eigenvalue weighted by atomic mass is 16.5. The Bertz CT molecular complexity index is 299. The molecule has 7 nitrogen and oxygen atoms in total. The number of ether oxygens (including phenoxy) is 1. The minimum atomic E-state index is -0.841. The zero-order chi connectivity index (χ0) is 13.7. The molecule has 0 aliphatic carbocycles. The number of hydrogen-bond donors (Lipinski definition) is 2. The van der Waals surface area contributed by atoms with Crippen LogP contribution < -0.4 is 5.73 Å². The number of hydrogen-bond acceptors (Lipinski definition) is 5. The molecule has 1 aliphatic heterocycles. The first-order valence-electron chi connectivity index (χ1n) is 5.99. The van der Waals surface area contributed by atoms with E-state index in [2.05, 4.69) is 0 Å². The molecule has 0 aromatic heterocycles. The quantitative estimate of drug-likeness (QED) is 0.629. The maximum atomic E-state index is 12.0. The average molecular weight is 259 g/mol. The number of carbonyl (C=O) groups is 2. The van der Waals surface area contributed by atoms with Gasteiger partial charge in [-0.2, -0.15) is 0 Å². The van der Waals surface area contributed by atoms with Crippen LogP contribution in [-0.4, -0.2) is 78.8 Å². The van der Waals surface area contributed by atoms with E-state index in [1.54, 1.807) is 11.8 Å². The van der Waals surface area contributed by atoms with Crippen molar-refractivity contribution in [1.82, 2.24) is 9.80 Å². The number of nitrogens with two attached hydrogens (primary N) is 1.